The number of benzene rings is 2. The van der Waals surface area contributed by atoms with Crippen LogP contribution in [0.5, 0.6) is 0 Å². The molecule has 2 aromatic heterocycles. The minimum atomic E-state index is -0.439. The summed E-state index contributed by atoms with van der Waals surface area (Å²) in [5, 5.41) is 9.59. The van der Waals surface area contributed by atoms with Gasteiger partial charge in [0.15, 0.2) is 0 Å². The van der Waals surface area contributed by atoms with E-state index in [1.165, 1.54) is 11.3 Å². The third-order valence-electron chi connectivity index (χ3n) is 4.18. The van der Waals surface area contributed by atoms with Gasteiger partial charge in [0.05, 0.1) is 4.88 Å². The maximum atomic E-state index is 12.6. The minimum absolute atomic E-state index is 0.165. The summed E-state index contributed by atoms with van der Waals surface area (Å²) in [5.41, 5.74) is 1.85. The molecule has 28 heavy (non-hydrogen) atoms. The lowest BCUT2D eigenvalue weighted by atomic mass is 10.1. The van der Waals surface area contributed by atoms with Gasteiger partial charge in [-0.25, -0.2) is 0 Å². The molecule has 0 fully saturated rings. The van der Waals surface area contributed by atoms with E-state index in [-0.39, 0.29) is 5.91 Å². The predicted octanol–water partition coefficient (Wildman–Crippen LogP) is 5.17. The van der Waals surface area contributed by atoms with Crippen LogP contribution in [-0.4, -0.2) is 16.0 Å². The van der Waals surface area contributed by atoms with E-state index in [0.29, 0.717) is 28.0 Å². The molecule has 0 spiro atoms. The smallest absolute Gasteiger partial charge is 0.262 e. The van der Waals surface area contributed by atoms with Crippen molar-refractivity contribution in [1.82, 2.24) is 15.5 Å². The second kappa shape index (κ2) is 8.37. The highest BCUT2D eigenvalue weighted by molar-refractivity contribution is 7.12. The van der Waals surface area contributed by atoms with Crippen LogP contribution >= 0.6 is 22.9 Å². The van der Waals surface area contributed by atoms with Crippen LogP contribution in [0.25, 0.3) is 11.4 Å². The normalized spacial score (nSPS) is 11.9. The lowest BCUT2D eigenvalue weighted by Gasteiger charge is -2.14. The van der Waals surface area contributed by atoms with Crippen molar-refractivity contribution in [3.8, 4) is 11.4 Å². The van der Waals surface area contributed by atoms with Crippen molar-refractivity contribution >= 4 is 28.8 Å². The van der Waals surface area contributed by atoms with Gasteiger partial charge in [0.1, 0.15) is 6.04 Å². The Labute approximate surface area is 171 Å². The summed E-state index contributed by atoms with van der Waals surface area (Å²) < 4.78 is 5.50. The zero-order valence-electron chi connectivity index (χ0n) is 14.7. The van der Waals surface area contributed by atoms with Gasteiger partial charge in [-0.1, -0.05) is 53.2 Å². The Morgan fingerprint density at radius 1 is 1.07 bits per heavy atom. The predicted molar refractivity (Wildman–Crippen MR) is 109 cm³/mol. The van der Waals surface area contributed by atoms with Gasteiger partial charge < -0.3 is 9.84 Å². The van der Waals surface area contributed by atoms with Gasteiger partial charge in [-0.2, -0.15) is 4.98 Å². The molecule has 1 N–H and O–H groups in total. The molecule has 0 aliphatic rings. The fourth-order valence-electron chi connectivity index (χ4n) is 2.78. The molecular weight excluding hydrogens is 394 g/mol. The van der Waals surface area contributed by atoms with Crippen molar-refractivity contribution in [2.75, 3.05) is 0 Å². The molecule has 0 saturated carbocycles. The first-order valence-corrected chi connectivity index (χ1v) is 9.92. The van der Waals surface area contributed by atoms with Crippen LogP contribution in [0.1, 0.15) is 27.2 Å². The fourth-order valence-corrected chi connectivity index (χ4v) is 3.53. The van der Waals surface area contributed by atoms with E-state index in [2.05, 4.69) is 15.5 Å². The molecule has 4 aromatic rings. The lowest BCUT2D eigenvalue weighted by molar-refractivity contribution is 0.0932. The number of rotatable bonds is 6. The first-order valence-electron chi connectivity index (χ1n) is 8.67. The molecule has 5 nitrogen and oxygen atoms in total. The van der Waals surface area contributed by atoms with Crippen LogP contribution in [0.2, 0.25) is 5.02 Å². The van der Waals surface area contributed by atoms with Gasteiger partial charge in [-0.05, 0) is 41.3 Å². The summed E-state index contributed by atoms with van der Waals surface area (Å²) in [6, 6.07) is 20.3. The van der Waals surface area contributed by atoms with Crippen LogP contribution in [0.15, 0.2) is 76.6 Å². The number of carbonyl (C=O) groups excluding carboxylic acids is 1. The summed E-state index contributed by atoms with van der Waals surface area (Å²) in [5.74, 6) is 0.649. The number of amides is 1. The number of hydrogen-bond acceptors (Lipinski definition) is 5. The second-order valence-electron chi connectivity index (χ2n) is 6.16. The second-order valence-corrected chi connectivity index (χ2v) is 7.54. The number of aromatic nitrogens is 2. The first-order chi connectivity index (χ1) is 13.7. The Bertz CT molecular complexity index is 1050. The molecule has 7 heteroatoms. The summed E-state index contributed by atoms with van der Waals surface area (Å²) in [6.45, 7) is 0. The van der Waals surface area contributed by atoms with E-state index in [9.17, 15) is 4.79 Å². The molecule has 1 atom stereocenters. The van der Waals surface area contributed by atoms with E-state index in [1.54, 1.807) is 18.2 Å². The van der Waals surface area contributed by atoms with Gasteiger partial charge >= 0.3 is 0 Å². The van der Waals surface area contributed by atoms with Crippen molar-refractivity contribution in [2.45, 2.75) is 12.5 Å². The van der Waals surface area contributed by atoms with Gasteiger partial charge in [-0.15, -0.1) is 11.3 Å². The van der Waals surface area contributed by atoms with E-state index in [4.69, 9.17) is 16.1 Å². The highest BCUT2D eigenvalue weighted by Gasteiger charge is 2.23. The van der Waals surface area contributed by atoms with E-state index in [1.807, 2.05) is 53.9 Å². The number of thiophene rings is 1. The van der Waals surface area contributed by atoms with E-state index >= 15 is 0 Å². The molecule has 0 saturated heterocycles. The van der Waals surface area contributed by atoms with Crippen LogP contribution in [0, 0.1) is 0 Å². The maximum Gasteiger partial charge on any atom is 0.262 e. The van der Waals surface area contributed by atoms with Crippen molar-refractivity contribution in [3.05, 3.63) is 93.5 Å². The molecule has 0 radical (unpaired) electrons. The minimum Gasteiger partial charge on any atom is -0.339 e. The monoisotopic (exact) mass is 409 g/mol. The maximum absolute atomic E-state index is 12.6. The molecule has 1 amide bonds. The van der Waals surface area contributed by atoms with Gasteiger partial charge in [0.25, 0.3) is 5.91 Å². The van der Waals surface area contributed by atoms with Crippen LogP contribution in [-0.2, 0) is 6.42 Å². The summed E-state index contributed by atoms with van der Waals surface area (Å²) in [7, 11) is 0. The number of nitrogens with zero attached hydrogens (tertiary/aromatic N) is 2. The zero-order valence-corrected chi connectivity index (χ0v) is 16.3. The molecule has 2 heterocycles. The van der Waals surface area contributed by atoms with Gasteiger partial charge in [0, 0.05) is 17.0 Å². The summed E-state index contributed by atoms with van der Waals surface area (Å²) in [6.07, 6.45) is 0.542. The van der Waals surface area contributed by atoms with Crippen molar-refractivity contribution in [3.63, 3.8) is 0 Å². The van der Waals surface area contributed by atoms with Crippen molar-refractivity contribution < 1.29 is 9.32 Å². The Balaban J connectivity index is 1.61. The molecule has 2 aromatic carbocycles. The largest absolute Gasteiger partial charge is 0.339 e. The van der Waals surface area contributed by atoms with Gasteiger partial charge in [-0.3, -0.25) is 4.79 Å². The molecule has 1 unspecified atom stereocenters. The van der Waals surface area contributed by atoms with Crippen LogP contribution in [0.4, 0.5) is 0 Å². The zero-order chi connectivity index (χ0) is 19.3. The van der Waals surface area contributed by atoms with Gasteiger partial charge in [0.2, 0.25) is 11.7 Å². The highest BCUT2D eigenvalue weighted by Crippen LogP contribution is 2.23. The van der Waals surface area contributed by atoms with E-state index < -0.39 is 6.04 Å². The standard InChI is InChI=1S/C21H16ClN3O2S/c22-16-10-8-15(9-11-16)19-24-21(27-25-19)17(13-14-5-2-1-3-6-14)23-20(26)18-7-4-12-28-18/h1-12,17H,13H2,(H,23,26). The van der Waals surface area contributed by atoms with Crippen LogP contribution in [0.3, 0.4) is 0 Å². The third-order valence-corrected chi connectivity index (χ3v) is 5.30. The summed E-state index contributed by atoms with van der Waals surface area (Å²) >= 11 is 7.33. The SMILES string of the molecule is O=C(NC(Cc1ccccc1)c1nc(-c2ccc(Cl)cc2)no1)c1cccs1. The molecule has 0 aliphatic heterocycles. The Morgan fingerprint density at radius 3 is 2.57 bits per heavy atom. The highest BCUT2D eigenvalue weighted by atomic mass is 35.5. The third kappa shape index (κ3) is 4.30. The Morgan fingerprint density at radius 2 is 1.86 bits per heavy atom. The molecule has 0 aliphatic carbocycles. The number of carbonyl (C=O) groups is 1. The molecule has 4 rings (SSSR count). The quantitative estimate of drug-likeness (QED) is 0.477. The molecule has 140 valence electrons. The van der Waals surface area contributed by atoms with E-state index in [0.717, 1.165) is 11.1 Å². The summed E-state index contributed by atoms with van der Waals surface area (Å²) in [4.78, 5) is 17.7. The number of nitrogens with one attached hydrogen (secondary N) is 1. The van der Waals surface area contributed by atoms with Crippen molar-refractivity contribution in [2.24, 2.45) is 0 Å². The fraction of sp³-hybridized carbons (Fsp3) is 0.0952. The first kappa shape index (κ1) is 18.4. The molecule has 0 bridgehead atoms. The topological polar surface area (TPSA) is 68.0 Å². The Hall–Kier alpha value is -2.96. The average molecular weight is 410 g/mol. The lowest BCUT2D eigenvalue weighted by Crippen LogP contribution is -2.29. The molecular formula is C21H16ClN3O2S. The number of hydrogen-bond donors (Lipinski definition) is 1. The Kier molecular flexibility index (Phi) is 5.50. The van der Waals surface area contributed by atoms with Crippen LogP contribution < -0.4 is 5.32 Å². The average Bonchev–Trinajstić information content (AvgIpc) is 3.41. The number of halogens is 1. The van der Waals surface area contributed by atoms with Crippen molar-refractivity contribution in [1.29, 1.82) is 0 Å².